The molecule has 0 atom stereocenters. The number of hydrogen-bond donors (Lipinski definition) is 2. The van der Waals surface area contributed by atoms with Crippen molar-refractivity contribution >= 4 is 0 Å². The van der Waals surface area contributed by atoms with Crippen molar-refractivity contribution in [3.8, 4) is 11.5 Å². The van der Waals surface area contributed by atoms with E-state index in [1.54, 1.807) is 0 Å². The molecule has 0 aliphatic rings. The lowest BCUT2D eigenvalue weighted by Gasteiger charge is -2.21. The zero-order valence-electron chi connectivity index (χ0n) is 21.3. The van der Waals surface area contributed by atoms with Gasteiger partial charge in [0, 0.05) is 5.92 Å². The molecule has 32 heavy (non-hydrogen) atoms. The van der Waals surface area contributed by atoms with Crippen molar-refractivity contribution in [3.63, 3.8) is 0 Å². The molecule has 178 valence electrons. The maximum absolute atomic E-state index is 10.3. The summed E-state index contributed by atoms with van der Waals surface area (Å²) in [5, 5.41) is 20.5. The van der Waals surface area contributed by atoms with E-state index in [9.17, 15) is 10.2 Å². The average Bonchev–Trinajstić information content (AvgIpc) is 2.76. The van der Waals surface area contributed by atoms with Crippen LogP contribution in [0.2, 0.25) is 0 Å². The fourth-order valence-corrected chi connectivity index (χ4v) is 4.92. The van der Waals surface area contributed by atoms with Gasteiger partial charge in [-0.25, -0.2) is 0 Å². The largest absolute Gasteiger partial charge is 0.507 e. The SMILES string of the molecule is CCCCCCCCCCCCCC(c1cc(C)c(O)c(C)c1)c1cc(C)c(O)c(C)c1. The molecular formula is C30H46O2. The fraction of sp³-hybridized carbons (Fsp3) is 0.600. The first-order valence-corrected chi connectivity index (χ1v) is 12.9. The molecule has 2 nitrogen and oxygen atoms in total. The van der Waals surface area contributed by atoms with Crippen molar-refractivity contribution in [1.82, 2.24) is 0 Å². The van der Waals surface area contributed by atoms with Crippen molar-refractivity contribution < 1.29 is 10.2 Å². The quantitative estimate of drug-likeness (QED) is 0.289. The lowest BCUT2D eigenvalue weighted by atomic mass is 9.83. The van der Waals surface area contributed by atoms with Crippen LogP contribution in [-0.2, 0) is 0 Å². The van der Waals surface area contributed by atoms with Gasteiger partial charge in [-0.2, -0.15) is 0 Å². The molecule has 0 aliphatic heterocycles. The zero-order chi connectivity index (χ0) is 23.5. The molecule has 0 spiro atoms. The molecule has 2 N–H and O–H groups in total. The normalized spacial score (nSPS) is 11.4. The Labute approximate surface area is 197 Å². The first-order valence-electron chi connectivity index (χ1n) is 12.9. The Morgan fingerprint density at radius 2 is 0.844 bits per heavy atom. The van der Waals surface area contributed by atoms with Gasteiger partial charge >= 0.3 is 0 Å². The molecule has 0 aliphatic carbocycles. The molecule has 0 unspecified atom stereocenters. The molecule has 2 aromatic carbocycles. The number of aromatic hydroxyl groups is 2. The maximum Gasteiger partial charge on any atom is 0.121 e. The highest BCUT2D eigenvalue weighted by Gasteiger charge is 2.18. The fourth-order valence-electron chi connectivity index (χ4n) is 4.92. The third-order valence-corrected chi connectivity index (χ3v) is 6.93. The Hall–Kier alpha value is -1.96. The van der Waals surface area contributed by atoms with Crippen molar-refractivity contribution in [2.24, 2.45) is 0 Å². The summed E-state index contributed by atoms with van der Waals surface area (Å²) in [5.41, 5.74) is 6.31. The molecule has 0 aromatic heterocycles. The summed E-state index contributed by atoms with van der Waals surface area (Å²) in [6.45, 7) is 10.2. The summed E-state index contributed by atoms with van der Waals surface area (Å²) in [4.78, 5) is 0. The molecular weight excluding hydrogens is 392 g/mol. The zero-order valence-corrected chi connectivity index (χ0v) is 21.3. The summed E-state index contributed by atoms with van der Waals surface area (Å²) in [6.07, 6.45) is 16.0. The Balaban J connectivity index is 1.96. The molecule has 0 saturated heterocycles. The van der Waals surface area contributed by atoms with Crippen molar-refractivity contribution in [1.29, 1.82) is 0 Å². The summed E-state index contributed by atoms with van der Waals surface area (Å²) >= 11 is 0. The van der Waals surface area contributed by atoms with E-state index in [4.69, 9.17) is 0 Å². The topological polar surface area (TPSA) is 40.5 Å². The minimum atomic E-state index is 0.296. The predicted molar refractivity (Wildman–Crippen MR) is 138 cm³/mol. The number of unbranched alkanes of at least 4 members (excludes halogenated alkanes) is 10. The van der Waals surface area contributed by atoms with Crippen LogP contribution in [0.15, 0.2) is 24.3 Å². The van der Waals surface area contributed by atoms with E-state index in [1.807, 2.05) is 27.7 Å². The minimum absolute atomic E-state index is 0.296. The molecule has 0 radical (unpaired) electrons. The second kappa shape index (κ2) is 13.6. The first-order chi connectivity index (χ1) is 15.3. The lowest BCUT2D eigenvalue weighted by molar-refractivity contribution is 0.465. The Morgan fingerprint density at radius 1 is 0.531 bits per heavy atom. The standard InChI is InChI=1S/C30H46O2/c1-6-7-8-9-10-11-12-13-14-15-16-17-28(26-18-22(2)29(31)23(3)19-26)27-20-24(4)30(32)25(5)21-27/h18-21,28,31-32H,6-17H2,1-5H3. The van der Waals surface area contributed by atoms with Crippen LogP contribution < -0.4 is 0 Å². The molecule has 2 heteroatoms. The van der Waals surface area contributed by atoms with Gasteiger partial charge in [-0.3, -0.25) is 0 Å². The van der Waals surface area contributed by atoms with E-state index in [1.165, 1.54) is 81.8 Å². The van der Waals surface area contributed by atoms with Crippen LogP contribution in [0.25, 0.3) is 0 Å². The van der Waals surface area contributed by atoms with E-state index in [-0.39, 0.29) is 0 Å². The number of phenols is 2. The first kappa shape index (κ1) is 26.3. The van der Waals surface area contributed by atoms with Crippen LogP contribution in [0.1, 0.15) is 123 Å². The number of phenolic OH excluding ortho intramolecular Hbond substituents is 2. The van der Waals surface area contributed by atoms with E-state index >= 15 is 0 Å². The average molecular weight is 439 g/mol. The number of hydrogen-bond acceptors (Lipinski definition) is 2. The van der Waals surface area contributed by atoms with Crippen molar-refractivity contribution in [2.75, 3.05) is 0 Å². The van der Waals surface area contributed by atoms with Crippen molar-refractivity contribution in [2.45, 2.75) is 118 Å². The molecule has 2 rings (SSSR count). The third-order valence-electron chi connectivity index (χ3n) is 6.93. The van der Waals surface area contributed by atoms with Crippen LogP contribution in [-0.4, -0.2) is 10.2 Å². The summed E-state index contributed by atoms with van der Waals surface area (Å²) in [6, 6.07) is 8.57. The number of rotatable bonds is 14. The highest BCUT2D eigenvalue weighted by atomic mass is 16.3. The van der Waals surface area contributed by atoms with Gasteiger partial charge in [0.1, 0.15) is 11.5 Å². The lowest BCUT2D eigenvalue weighted by Crippen LogP contribution is -2.04. The van der Waals surface area contributed by atoms with Crippen LogP contribution in [0.3, 0.4) is 0 Å². The Morgan fingerprint density at radius 3 is 1.19 bits per heavy atom. The van der Waals surface area contributed by atoms with Crippen LogP contribution >= 0.6 is 0 Å². The van der Waals surface area contributed by atoms with Crippen molar-refractivity contribution in [3.05, 3.63) is 57.6 Å². The van der Waals surface area contributed by atoms with Gasteiger partial charge < -0.3 is 10.2 Å². The molecule has 0 amide bonds. The Kier molecular flexibility index (Phi) is 11.1. The van der Waals surface area contributed by atoms with E-state index in [0.717, 1.165) is 28.7 Å². The van der Waals surface area contributed by atoms with E-state index < -0.39 is 0 Å². The van der Waals surface area contributed by atoms with E-state index in [2.05, 4.69) is 31.2 Å². The minimum Gasteiger partial charge on any atom is -0.507 e. The molecule has 0 saturated carbocycles. The van der Waals surface area contributed by atoms with Gasteiger partial charge in [0.15, 0.2) is 0 Å². The molecule has 0 heterocycles. The second-order valence-corrected chi connectivity index (χ2v) is 9.88. The number of aryl methyl sites for hydroxylation is 4. The van der Waals surface area contributed by atoms with Gasteiger partial charge in [-0.05, 0) is 67.5 Å². The maximum atomic E-state index is 10.3. The Bertz CT molecular complexity index is 733. The highest BCUT2D eigenvalue weighted by Crippen LogP contribution is 2.37. The van der Waals surface area contributed by atoms with Gasteiger partial charge in [-0.1, -0.05) is 102 Å². The number of benzene rings is 2. The highest BCUT2D eigenvalue weighted by molar-refractivity contribution is 5.49. The third kappa shape index (κ3) is 7.87. The van der Waals surface area contributed by atoms with Gasteiger partial charge in [0.05, 0.1) is 0 Å². The smallest absolute Gasteiger partial charge is 0.121 e. The molecule has 0 bridgehead atoms. The van der Waals surface area contributed by atoms with Gasteiger partial charge in [-0.15, -0.1) is 0 Å². The van der Waals surface area contributed by atoms with Crippen LogP contribution in [0.4, 0.5) is 0 Å². The van der Waals surface area contributed by atoms with E-state index in [0.29, 0.717) is 17.4 Å². The predicted octanol–water partition coefficient (Wildman–Crippen LogP) is 9.16. The van der Waals surface area contributed by atoms with Crippen LogP contribution in [0.5, 0.6) is 11.5 Å². The monoisotopic (exact) mass is 438 g/mol. The summed E-state index contributed by atoms with van der Waals surface area (Å²) < 4.78 is 0. The summed E-state index contributed by atoms with van der Waals surface area (Å²) in [7, 11) is 0. The van der Waals surface area contributed by atoms with Gasteiger partial charge in [0.2, 0.25) is 0 Å². The molecule has 0 fully saturated rings. The summed E-state index contributed by atoms with van der Waals surface area (Å²) in [5.74, 6) is 1.10. The molecule has 2 aromatic rings. The van der Waals surface area contributed by atoms with Gasteiger partial charge in [0.25, 0.3) is 0 Å². The second-order valence-electron chi connectivity index (χ2n) is 9.88. The van der Waals surface area contributed by atoms with Crippen LogP contribution in [0, 0.1) is 27.7 Å².